The summed E-state index contributed by atoms with van der Waals surface area (Å²) < 4.78 is 5.11. The number of rotatable bonds is 1. The lowest BCUT2D eigenvalue weighted by Crippen LogP contribution is -2.35. The minimum Gasteiger partial charge on any atom is -0.350 e. The number of hydrogen-bond donors (Lipinski definition) is 0. The lowest BCUT2D eigenvalue weighted by Gasteiger charge is -2.27. The quantitative estimate of drug-likeness (QED) is 0.674. The van der Waals surface area contributed by atoms with Crippen LogP contribution in [0, 0.1) is 0 Å². The molecule has 0 aromatic heterocycles. The molecule has 0 spiro atoms. The van der Waals surface area contributed by atoms with E-state index in [1.807, 2.05) is 30.2 Å². The van der Waals surface area contributed by atoms with Crippen molar-refractivity contribution in [2.45, 2.75) is 12.5 Å². The SMILES string of the molecule is CO[C@@H]1C=C2c3ccccc3N(C)[C@H]2OO1. The van der Waals surface area contributed by atoms with E-state index in [4.69, 9.17) is 14.5 Å². The smallest absolute Gasteiger partial charge is 0.211 e. The molecule has 16 heavy (non-hydrogen) atoms. The molecule has 0 unspecified atom stereocenters. The van der Waals surface area contributed by atoms with Gasteiger partial charge >= 0.3 is 0 Å². The summed E-state index contributed by atoms with van der Waals surface area (Å²) in [5, 5.41) is 0. The molecule has 0 amide bonds. The van der Waals surface area contributed by atoms with Gasteiger partial charge in [0.15, 0.2) is 6.23 Å². The third-order valence-corrected chi connectivity index (χ3v) is 3.00. The number of nitrogens with zero attached hydrogens (tertiary/aromatic N) is 1. The summed E-state index contributed by atoms with van der Waals surface area (Å²) in [7, 11) is 3.58. The molecule has 4 heteroatoms. The second-order valence-corrected chi connectivity index (χ2v) is 3.90. The first-order valence-electron chi connectivity index (χ1n) is 5.20. The van der Waals surface area contributed by atoms with Gasteiger partial charge in [-0.05, 0) is 12.1 Å². The topological polar surface area (TPSA) is 30.9 Å². The zero-order valence-electron chi connectivity index (χ0n) is 9.21. The molecule has 0 saturated heterocycles. The predicted octanol–water partition coefficient (Wildman–Crippen LogP) is 1.78. The molecule has 1 aromatic carbocycles. The van der Waals surface area contributed by atoms with Crippen molar-refractivity contribution < 1.29 is 14.5 Å². The molecular weight excluding hydrogens is 206 g/mol. The van der Waals surface area contributed by atoms with Crippen molar-refractivity contribution in [1.29, 1.82) is 0 Å². The highest BCUT2D eigenvalue weighted by Gasteiger charge is 2.36. The van der Waals surface area contributed by atoms with E-state index >= 15 is 0 Å². The van der Waals surface area contributed by atoms with Gasteiger partial charge in [0.2, 0.25) is 6.29 Å². The van der Waals surface area contributed by atoms with Crippen LogP contribution in [-0.4, -0.2) is 26.7 Å². The molecule has 3 rings (SSSR count). The Hall–Kier alpha value is -1.36. The highest BCUT2D eigenvalue weighted by molar-refractivity contribution is 5.86. The summed E-state index contributed by atoms with van der Waals surface area (Å²) >= 11 is 0. The van der Waals surface area contributed by atoms with Gasteiger partial charge in [0.1, 0.15) is 0 Å². The van der Waals surface area contributed by atoms with Crippen molar-refractivity contribution in [3.8, 4) is 0 Å². The van der Waals surface area contributed by atoms with Gasteiger partial charge < -0.3 is 9.64 Å². The number of ether oxygens (including phenoxy) is 1. The summed E-state index contributed by atoms with van der Waals surface area (Å²) in [5.41, 5.74) is 3.44. The van der Waals surface area contributed by atoms with Gasteiger partial charge in [-0.2, -0.15) is 4.89 Å². The Morgan fingerprint density at radius 3 is 2.88 bits per heavy atom. The largest absolute Gasteiger partial charge is 0.350 e. The van der Waals surface area contributed by atoms with E-state index in [1.165, 1.54) is 5.56 Å². The Balaban J connectivity index is 2.09. The molecule has 0 radical (unpaired) electrons. The van der Waals surface area contributed by atoms with Crippen LogP contribution in [0.3, 0.4) is 0 Å². The van der Waals surface area contributed by atoms with Crippen LogP contribution in [-0.2, 0) is 14.5 Å². The first-order valence-corrected chi connectivity index (χ1v) is 5.20. The average molecular weight is 219 g/mol. The highest BCUT2D eigenvalue weighted by Crippen LogP contribution is 2.41. The van der Waals surface area contributed by atoms with E-state index in [2.05, 4.69) is 12.1 Å². The second kappa shape index (κ2) is 3.59. The summed E-state index contributed by atoms with van der Waals surface area (Å²) in [4.78, 5) is 12.5. The highest BCUT2D eigenvalue weighted by atomic mass is 17.2. The van der Waals surface area contributed by atoms with Crippen molar-refractivity contribution in [2.24, 2.45) is 0 Å². The van der Waals surface area contributed by atoms with E-state index in [0.29, 0.717) is 0 Å². The molecule has 1 aromatic rings. The third-order valence-electron chi connectivity index (χ3n) is 3.00. The molecule has 2 aliphatic rings. The van der Waals surface area contributed by atoms with Crippen LogP contribution in [0.25, 0.3) is 5.57 Å². The lowest BCUT2D eigenvalue weighted by molar-refractivity contribution is -0.378. The molecule has 0 aliphatic carbocycles. The fourth-order valence-corrected chi connectivity index (χ4v) is 2.17. The summed E-state index contributed by atoms with van der Waals surface area (Å²) in [5.74, 6) is 0. The van der Waals surface area contributed by atoms with Gasteiger partial charge in [-0.15, -0.1) is 0 Å². The maximum absolute atomic E-state index is 5.33. The van der Waals surface area contributed by atoms with Gasteiger partial charge in [-0.3, -0.25) is 0 Å². The van der Waals surface area contributed by atoms with Crippen LogP contribution in [0.5, 0.6) is 0 Å². The van der Waals surface area contributed by atoms with Crippen molar-refractivity contribution in [2.75, 3.05) is 19.1 Å². The van der Waals surface area contributed by atoms with Crippen molar-refractivity contribution in [3.63, 3.8) is 0 Å². The molecular formula is C12H13NO3. The minimum atomic E-state index is -0.425. The molecule has 2 heterocycles. The fourth-order valence-electron chi connectivity index (χ4n) is 2.17. The Labute approximate surface area is 93.9 Å². The zero-order chi connectivity index (χ0) is 11.1. The van der Waals surface area contributed by atoms with E-state index in [1.54, 1.807) is 7.11 Å². The molecule has 0 fully saturated rings. The van der Waals surface area contributed by atoms with Crippen molar-refractivity contribution >= 4 is 11.3 Å². The molecule has 2 atom stereocenters. The van der Waals surface area contributed by atoms with Crippen LogP contribution >= 0.6 is 0 Å². The number of hydrogen-bond acceptors (Lipinski definition) is 4. The fraction of sp³-hybridized carbons (Fsp3) is 0.333. The lowest BCUT2D eigenvalue weighted by atomic mass is 10.1. The number of fused-ring (bicyclic) bond motifs is 3. The van der Waals surface area contributed by atoms with Gasteiger partial charge in [0.05, 0.1) is 0 Å². The Morgan fingerprint density at radius 1 is 1.25 bits per heavy atom. The second-order valence-electron chi connectivity index (χ2n) is 3.90. The van der Waals surface area contributed by atoms with Crippen LogP contribution in [0.1, 0.15) is 5.56 Å². The monoisotopic (exact) mass is 219 g/mol. The van der Waals surface area contributed by atoms with Crippen molar-refractivity contribution in [1.82, 2.24) is 0 Å². The minimum absolute atomic E-state index is 0.163. The standard InChI is InChI=1S/C12H13NO3/c1-13-10-6-4-3-5-8(10)9-7-11(14-2)15-16-12(9)13/h3-7,11-12H,1-2H3/t11-,12-/m0/s1. The van der Waals surface area contributed by atoms with Gasteiger partial charge in [0.25, 0.3) is 0 Å². The summed E-state index contributed by atoms with van der Waals surface area (Å²) in [6, 6.07) is 8.19. The first-order chi connectivity index (χ1) is 7.81. The first kappa shape index (κ1) is 9.84. The summed E-state index contributed by atoms with van der Waals surface area (Å²) in [6.45, 7) is 0. The molecule has 84 valence electrons. The van der Waals surface area contributed by atoms with E-state index in [-0.39, 0.29) is 6.23 Å². The number of para-hydroxylation sites is 1. The number of methoxy groups -OCH3 is 1. The maximum Gasteiger partial charge on any atom is 0.211 e. The Morgan fingerprint density at radius 2 is 2.06 bits per heavy atom. The van der Waals surface area contributed by atoms with Crippen molar-refractivity contribution in [3.05, 3.63) is 35.9 Å². The van der Waals surface area contributed by atoms with Crippen LogP contribution in [0.4, 0.5) is 5.69 Å². The van der Waals surface area contributed by atoms with Gasteiger partial charge in [0, 0.05) is 31.0 Å². The molecule has 0 saturated carbocycles. The zero-order valence-corrected chi connectivity index (χ0v) is 9.21. The Bertz CT molecular complexity index is 444. The van der Waals surface area contributed by atoms with E-state index in [9.17, 15) is 0 Å². The predicted molar refractivity (Wildman–Crippen MR) is 59.6 cm³/mol. The Kier molecular flexibility index (Phi) is 2.21. The average Bonchev–Trinajstić information content (AvgIpc) is 2.64. The number of benzene rings is 1. The van der Waals surface area contributed by atoms with Gasteiger partial charge in [-0.25, -0.2) is 4.89 Å². The molecule has 4 nitrogen and oxygen atoms in total. The third kappa shape index (κ3) is 1.28. The molecule has 0 bridgehead atoms. The maximum atomic E-state index is 5.33. The van der Waals surface area contributed by atoms with Gasteiger partial charge in [-0.1, -0.05) is 18.2 Å². The number of anilines is 1. The molecule has 0 N–H and O–H groups in total. The van der Waals surface area contributed by atoms with Crippen LogP contribution < -0.4 is 4.90 Å². The normalized spacial score (nSPS) is 27.4. The van der Waals surface area contributed by atoms with Crippen LogP contribution in [0.15, 0.2) is 30.3 Å². The van der Waals surface area contributed by atoms with Crippen LogP contribution in [0.2, 0.25) is 0 Å². The molecule has 2 aliphatic heterocycles. The van der Waals surface area contributed by atoms with E-state index < -0.39 is 6.29 Å². The van der Waals surface area contributed by atoms with E-state index in [0.717, 1.165) is 11.3 Å². The number of likely N-dealkylation sites (N-methyl/N-ethyl adjacent to an activating group) is 1. The summed E-state index contributed by atoms with van der Waals surface area (Å²) in [6.07, 6.45) is 1.37.